The molecule has 1 heterocycles. The molecule has 1 aromatic heterocycles. The minimum absolute atomic E-state index is 0.0599. The fourth-order valence-electron chi connectivity index (χ4n) is 1.73. The molecule has 19 heavy (non-hydrogen) atoms. The number of halogens is 1. The molecule has 0 amide bonds. The van der Waals surface area contributed by atoms with Gasteiger partial charge in [0, 0.05) is 19.3 Å². The normalized spacial score (nSPS) is 10.5. The first-order chi connectivity index (χ1) is 9.26. The van der Waals surface area contributed by atoms with Gasteiger partial charge in [-0.05, 0) is 29.7 Å². The van der Waals surface area contributed by atoms with Gasteiger partial charge in [0.15, 0.2) is 0 Å². The second-order valence-corrected chi connectivity index (χ2v) is 4.35. The van der Waals surface area contributed by atoms with Crippen molar-refractivity contribution in [2.45, 2.75) is 13.0 Å². The molecule has 2 rings (SSSR count). The number of aliphatic hydroxyl groups is 1. The number of nitrogens with zero attached hydrogens (tertiary/aromatic N) is 1. The summed E-state index contributed by atoms with van der Waals surface area (Å²) in [6, 6.07) is 9.22. The van der Waals surface area contributed by atoms with E-state index in [2.05, 4.69) is 4.98 Å². The van der Waals surface area contributed by atoms with E-state index < -0.39 is 0 Å². The summed E-state index contributed by atoms with van der Waals surface area (Å²) < 4.78 is 5.73. The molecule has 2 aromatic rings. The molecule has 0 unspecified atom stereocenters. The van der Waals surface area contributed by atoms with Crippen LogP contribution in [0, 0.1) is 0 Å². The molecule has 0 aliphatic heterocycles. The van der Waals surface area contributed by atoms with Crippen molar-refractivity contribution in [2.75, 3.05) is 6.61 Å². The van der Waals surface area contributed by atoms with Crippen molar-refractivity contribution in [3.8, 4) is 11.6 Å². The number of hydrogen-bond acceptors (Lipinski definition) is 4. The van der Waals surface area contributed by atoms with E-state index in [1.54, 1.807) is 12.3 Å². The summed E-state index contributed by atoms with van der Waals surface area (Å²) in [5, 5.41) is 9.45. The zero-order valence-electron chi connectivity index (χ0n) is 10.3. The third-order valence-electron chi connectivity index (χ3n) is 2.72. The Hall–Kier alpha value is -1.62. The largest absolute Gasteiger partial charge is 0.437 e. The van der Waals surface area contributed by atoms with Crippen molar-refractivity contribution >= 4 is 11.6 Å². The van der Waals surface area contributed by atoms with E-state index >= 15 is 0 Å². The Morgan fingerprint density at radius 3 is 2.74 bits per heavy atom. The first-order valence-electron chi connectivity index (χ1n) is 5.96. The number of aromatic nitrogens is 1. The minimum atomic E-state index is 0.0599. The lowest BCUT2D eigenvalue weighted by Crippen LogP contribution is -2.01. The molecule has 0 atom stereocenters. The molecule has 0 aliphatic rings. The van der Waals surface area contributed by atoms with Crippen LogP contribution in [0.2, 0.25) is 5.02 Å². The van der Waals surface area contributed by atoms with Crippen LogP contribution in [0.1, 0.15) is 11.1 Å². The number of benzene rings is 1. The Bertz CT molecular complexity index is 561. The lowest BCUT2D eigenvalue weighted by atomic mass is 10.1. The first-order valence-corrected chi connectivity index (χ1v) is 6.34. The van der Waals surface area contributed by atoms with Gasteiger partial charge in [0.1, 0.15) is 10.8 Å². The molecule has 3 N–H and O–H groups in total. The molecular weight excluding hydrogens is 264 g/mol. The molecule has 0 bridgehead atoms. The maximum absolute atomic E-state index is 9.03. The molecule has 0 saturated carbocycles. The maximum Gasteiger partial charge on any atom is 0.238 e. The van der Waals surface area contributed by atoms with Gasteiger partial charge in [0.05, 0.1) is 0 Å². The summed E-state index contributed by atoms with van der Waals surface area (Å²) in [4.78, 5) is 4.11. The molecule has 0 radical (unpaired) electrons. The van der Waals surface area contributed by atoms with E-state index in [9.17, 15) is 0 Å². The van der Waals surface area contributed by atoms with E-state index in [-0.39, 0.29) is 6.61 Å². The maximum atomic E-state index is 9.03. The zero-order chi connectivity index (χ0) is 13.7. The SMILES string of the molecule is NCc1ccnc(Oc2ccccc2CCO)c1Cl. The standard InChI is InChI=1S/C14H15ClN2O2/c15-13-11(9-16)5-7-17-14(13)19-12-4-2-1-3-10(12)6-8-18/h1-5,7,18H,6,8-9,16H2. The summed E-state index contributed by atoms with van der Waals surface area (Å²) in [6.45, 7) is 0.389. The fraction of sp³-hybridized carbons (Fsp3) is 0.214. The summed E-state index contributed by atoms with van der Waals surface area (Å²) in [7, 11) is 0. The quantitative estimate of drug-likeness (QED) is 0.882. The van der Waals surface area contributed by atoms with Gasteiger partial charge in [-0.25, -0.2) is 4.98 Å². The van der Waals surface area contributed by atoms with Crippen LogP contribution >= 0.6 is 11.6 Å². The third-order valence-corrected chi connectivity index (χ3v) is 3.12. The monoisotopic (exact) mass is 278 g/mol. The smallest absolute Gasteiger partial charge is 0.238 e. The number of rotatable bonds is 5. The van der Waals surface area contributed by atoms with Gasteiger partial charge >= 0.3 is 0 Å². The molecule has 4 nitrogen and oxygen atoms in total. The van der Waals surface area contributed by atoms with Crippen molar-refractivity contribution in [2.24, 2.45) is 5.73 Å². The summed E-state index contributed by atoms with van der Waals surface area (Å²) in [5.74, 6) is 0.968. The molecule has 0 saturated heterocycles. The Labute approximate surface area is 116 Å². The van der Waals surface area contributed by atoms with Gasteiger partial charge in [-0.15, -0.1) is 0 Å². The van der Waals surface area contributed by atoms with Crippen molar-refractivity contribution in [3.63, 3.8) is 0 Å². The van der Waals surface area contributed by atoms with E-state index in [1.165, 1.54) is 0 Å². The van der Waals surface area contributed by atoms with Crippen LogP contribution in [0.4, 0.5) is 0 Å². The summed E-state index contributed by atoms with van der Waals surface area (Å²) >= 11 is 6.17. The molecule has 0 aliphatic carbocycles. The molecular formula is C14H15ClN2O2. The molecule has 0 spiro atoms. The van der Waals surface area contributed by atoms with Gasteiger partial charge in [0.2, 0.25) is 5.88 Å². The van der Waals surface area contributed by atoms with E-state index in [4.69, 9.17) is 27.2 Å². The predicted molar refractivity (Wildman–Crippen MR) is 74.4 cm³/mol. The highest BCUT2D eigenvalue weighted by molar-refractivity contribution is 6.32. The number of pyridine rings is 1. The van der Waals surface area contributed by atoms with E-state index in [0.717, 1.165) is 11.1 Å². The van der Waals surface area contributed by atoms with Crippen molar-refractivity contribution in [1.29, 1.82) is 0 Å². The number of nitrogens with two attached hydrogens (primary N) is 1. The average Bonchev–Trinajstić information content (AvgIpc) is 2.43. The summed E-state index contributed by atoms with van der Waals surface area (Å²) in [5.41, 5.74) is 7.28. The number of aliphatic hydroxyl groups excluding tert-OH is 1. The van der Waals surface area contributed by atoms with Gasteiger partial charge in [-0.3, -0.25) is 0 Å². The molecule has 0 fully saturated rings. The Morgan fingerprint density at radius 1 is 1.21 bits per heavy atom. The van der Waals surface area contributed by atoms with Gasteiger partial charge in [-0.2, -0.15) is 0 Å². The number of ether oxygens (including phenoxy) is 1. The highest BCUT2D eigenvalue weighted by Gasteiger charge is 2.10. The Kier molecular flexibility index (Phi) is 4.74. The summed E-state index contributed by atoms with van der Waals surface area (Å²) in [6.07, 6.45) is 2.13. The second-order valence-electron chi connectivity index (χ2n) is 3.98. The predicted octanol–water partition coefficient (Wildman–Crippen LogP) is 2.52. The van der Waals surface area contributed by atoms with Crippen LogP contribution in [0.15, 0.2) is 36.5 Å². The zero-order valence-corrected chi connectivity index (χ0v) is 11.1. The molecule has 1 aromatic carbocycles. The average molecular weight is 279 g/mol. The van der Waals surface area contributed by atoms with E-state index in [1.807, 2.05) is 24.3 Å². The van der Waals surface area contributed by atoms with Crippen molar-refractivity contribution in [3.05, 3.63) is 52.7 Å². The van der Waals surface area contributed by atoms with Crippen molar-refractivity contribution in [1.82, 2.24) is 4.98 Å². The van der Waals surface area contributed by atoms with Crippen LogP contribution in [0.5, 0.6) is 11.6 Å². The van der Waals surface area contributed by atoms with E-state index in [0.29, 0.717) is 29.6 Å². The topological polar surface area (TPSA) is 68.4 Å². The van der Waals surface area contributed by atoms with Crippen molar-refractivity contribution < 1.29 is 9.84 Å². The Morgan fingerprint density at radius 2 is 2.00 bits per heavy atom. The minimum Gasteiger partial charge on any atom is -0.437 e. The second kappa shape index (κ2) is 6.52. The lowest BCUT2D eigenvalue weighted by molar-refractivity contribution is 0.297. The Balaban J connectivity index is 2.31. The van der Waals surface area contributed by atoms with Gasteiger partial charge < -0.3 is 15.6 Å². The highest BCUT2D eigenvalue weighted by atomic mass is 35.5. The third kappa shape index (κ3) is 3.23. The van der Waals surface area contributed by atoms with Crippen LogP contribution in [0.25, 0.3) is 0 Å². The number of para-hydroxylation sites is 1. The lowest BCUT2D eigenvalue weighted by Gasteiger charge is -2.11. The molecule has 5 heteroatoms. The van der Waals surface area contributed by atoms with Gasteiger partial charge in [-0.1, -0.05) is 29.8 Å². The fourth-order valence-corrected chi connectivity index (χ4v) is 1.95. The van der Waals surface area contributed by atoms with Gasteiger partial charge in [0.25, 0.3) is 0 Å². The first kappa shape index (κ1) is 13.8. The van der Waals surface area contributed by atoms with Crippen LogP contribution < -0.4 is 10.5 Å². The number of hydrogen-bond donors (Lipinski definition) is 2. The van der Waals surface area contributed by atoms with Crippen LogP contribution in [-0.2, 0) is 13.0 Å². The van der Waals surface area contributed by atoms with Crippen LogP contribution in [0.3, 0.4) is 0 Å². The molecule has 100 valence electrons. The van der Waals surface area contributed by atoms with Crippen LogP contribution in [-0.4, -0.2) is 16.7 Å². The highest BCUT2D eigenvalue weighted by Crippen LogP contribution is 2.31.